The predicted molar refractivity (Wildman–Crippen MR) is 97.9 cm³/mol. The van der Waals surface area contributed by atoms with Crippen LogP contribution in [0.5, 0.6) is 0 Å². The summed E-state index contributed by atoms with van der Waals surface area (Å²) in [4.78, 5) is 9.44. The second-order valence-electron chi connectivity index (χ2n) is 6.69. The van der Waals surface area contributed by atoms with Crippen LogP contribution < -0.4 is 0 Å². The standard InChI is InChI=1S/C20H24N2S.H2/c1-2-6-20(22-15-3-5-17(22)4-1)16-7-9-18(10-8-16)23-19-11-13-21-14-12-19;/h7-14,17,20H,1-6,15H2;1H/t17?,20-;/m0./s1. The van der Waals surface area contributed by atoms with E-state index >= 15 is 0 Å². The first-order valence-corrected chi connectivity index (χ1v) is 9.65. The van der Waals surface area contributed by atoms with Gasteiger partial charge in [0.1, 0.15) is 0 Å². The number of rotatable bonds is 3. The minimum Gasteiger partial charge on any atom is -0.293 e. The Balaban J connectivity index is 0.00000169. The molecule has 2 atom stereocenters. The van der Waals surface area contributed by atoms with Gasteiger partial charge in [0.05, 0.1) is 0 Å². The normalized spacial score (nSPS) is 25.0. The SMILES string of the molecule is [HH].c1cc(Sc2ccc([C@@H]3CCCCC4CCCN43)cc2)ccn1. The lowest BCUT2D eigenvalue weighted by atomic mass is 10.0. The third-order valence-electron chi connectivity index (χ3n) is 5.24. The molecule has 0 aliphatic carbocycles. The van der Waals surface area contributed by atoms with Crippen molar-refractivity contribution in [1.29, 1.82) is 0 Å². The second-order valence-corrected chi connectivity index (χ2v) is 7.84. The van der Waals surface area contributed by atoms with Gasteiger partial charge in [-0.3, -0.25) is 9.88 Å². The first-order valence-electron chi connectivity index (χ1n) is 8.84. The summed E-state index contributed by atoms with van der Waals surface area (Å²) in [5.41, 5.74) is 1.51. The van der Waals surface area contributed by atoms with Gasteiger partial charge in [-0.2, -0.15) is 0 Å². The van der Waals surface area contributed by atoms with E-state index in [1.807, 2.05) is 24.2 Å². The maximum absolute atomic E-state index is 4.08. The van der Waals surface area contributed by atoms with E-state index in [4.69, 9.17) is 0 Å². The summed E-state index contributed by atoms with van der Waals surface area (Å²) >= 11 is 1.81. The lowest BCUT2D eigenvalue weighted by Crippen LogP contribution is -2.31. The molecule has 0 radical (unpaired) electrons. The summed E-state index contributed by atoms with van der Waals surface area (Å²) in [6, 6.07) is 14.9. The first-order chi connectivity index (χ1) is 11.4. The molecular formula is C20H26N2S. The van der Waals surface area contributed by atoms with Gasteiger partial charge < -0.3 is 0 Å². The van der Waals surface area contributed by atoms with E-state index in [-0.39, 0.29) is 1.43 Å². The van der Waals surface area contributed by atoms with Gasteiger partial charge in [0, 0.05) is 35.7 Å². The van der Waals surface area contributed by atoms with Crippen molar-refractivity contribution in [3.8, 4) is 0 Å². The van der Waals surface area contributed by atoms with E-state index < -0.39 is 0 Å². The summed E-state index contributed by atoms with van der Waals surface area (Å²) in [5.74, 6) is 0. The lowest BCUT2D eigenvalue weighted by molar-refractivity contribution is 0.182. The molecular weight excluding hydrogens is 300 g/mol. The van der Waals surface area contributed by atoms with Crippen LogP contribution in [0.4, 0.5) is 0 Å². The highest BCUT2D eigenvalue weighted by molar-refractivity contribution is 7.99. The number of fused-ring (bicyclic) bond motifs is 1. The maximum atomic E-state index is 4.08. The van der Waals surface area contributed by atoms with E-state index in [1.165, 1.54) is 60.4 Å². The van der Waals surface area contributed by atoms with Crippen molar-refractivity contribution in [3.05, 3.63) is 54.4 Å². The van der Waals surface area contributed by atoms with Gasteiger partial charge in [0.15, 0.2) is 0 Å². The van der Waals surface area contributed by atoms with Crippen LogP contribution in [-0.2, 0) is 0 Å². The van der Waals surface area contributed by atoms with Gasteiger partial charge in [-0.05, 0) is 62.1 Å². The lowest BCUT2D eigenvalue weighted by Gasteiger charge is -2.31. The van der Waals surface area contributed by atoms with Crippen LogP contribution in [0.25, 0.3) is 0 Å². The molecule has 2 aromatic rings. The van der Waals surface area contributed by atoms with Crippen molar-refractivity contribution in [2.75, 3.05) is 6.54 Å². The molecule has 3 heterocycles. The Morgan fingerprint density at radius 1 is 0.870 bits per heavy atom. The molecule has 2 aliphatic rings. The molecule has 23 heavy (non-hydrogen) atoms. The van der Waals surface area contributed by atoms with Crippen LogP contribution in [0.3, 0.4) is 0 Å². The number of benzene rings is 1. The highest BCUT2D eigenvalue weighted by Crippen LogP contribution is 2.38. The van der Waals surface area contributed by atoms with Gasteiger partial charge in [-0.25, -0.2) is 0 Å². The molecule has 4 rings (SSSR count). The average Bonchev–Trinajstić information content (AvgIpc) is 2.96. The molecule has 0 bridgehead atoms. The Morgan fingerprint density at radius 2 is 1.57 bits per heavy atom. The Hall–Kier alpha value is -1.32. The maximum Gasteiger partial charge on any atom is 0.0351 e. The molecule has 3 heteroatoms. The summed E-state index contributed by atoms with van der Waals surface area (Å²) in [6.07, 6.45) is 12.0. The fourth-order valence-electron chi connectivity index (χ4n) is 4.12. The van der Waals surface area contributed by atoms with Crippen LogP contribution in [0, 0.1) is 0 Å². The van der Waals surface area contributed by atoms with Gasteiger partial charge in [-0.1, -0.05) is 36.7 Å². The van der Waals surface area contributed by atoms with E-state index in [0.717, 1.165) is 6.04 Å². The Morgan fingerprint density at radius 3 is 2.39 bits per heavy atom. The summed E-state index contributed by atoms with van der Waals surface area (Å²) in [6.45, 7) is 1.29. The molecule has 2 nitrogen and oxygen atoms in total. The highest BCUT2D eigenvalue weighted by atomic mass is 32.2. The summed E-state index contributed by atoms with van der Waals surface area (Å²) in [5, 5.41) is 0. The number of pyridine rings is 1. The third-order valence-corrected chi connectivity index (χ3v) is 6.25. The van der Waals surface area contributed by atoms with Gasteiger partial charge >= 0.3 is 0 Å². The van der Waals surface area contributed by atoms with E-state index in [1.54, 1.807) is 0 Å². The number of nitrogens with zero attached hydrogens (tertiary/aromatic N) is 2. The minimum atomic E-state index is 0. The largest absolute Gasteiger partial charge is 0.293 e. The minimum absolute atomic E-state index is 0. The summed E-state index contributed by atoms with van der Waals surface area (Å²) in [7, 11) is 0. The van der Waals surface area contributed by atoms with E-state index in [0.29, 0.717) is 6.04 Å². The molecule has 0 N–H and O–H groups in total. The average molecular weight is 327 g/mol. The van der Waals surface area contributed by atoms with Crippen LogP contribution in [0.1, 0.15) is 51.6 Å². The zero-order valence-electron chi connectivity index (χ0n) is 13.5. The van der Waals surface area contributed by atoms with Crippen LogP contribution in [0.2, 0.25) is 0 Å². The molecule has 2 saturated heterocycles. The van der Waals surface area contributed by atoms with E-state index in [9.17, 15) is 0 Å². The topological polar surface area (TPSA) is 16.1 Å². The molecule has 0 amide bonds. The van der Waals surface area contributed by atoms with Crippen LogP contribution in [-0.4, -0.2) is 22.5 Å². The molecule has 1 unspecified atom stereocenters. The van der Waals surface area contributed by atoms with Gasteiger partial charge in [0.25, 0.3) is 0 Å². The van der Waals surface area contributed by atoms with Crippen molar-refractivity contribution in [3.63, 3.8) is 0 Å². The quantitative estimate of drug-likeness (QED) is 0.735. The second kappa shape index (κ2) is 7.06. The van der Waals surface area contributed by atoms with Crippen LogP contribution >= 0.6 is 11.8 Å². The van der Waals surface area contributed by atoms with E-state index in [2.05, 4.69) is 46.3 Å². The molecule has 2 aliphatic heterocycles. The molecule has 122 valence electrons. The zero-order valence-corrected chi connectivity index (χ0v) is 14.3. The van der Waals surface area contributed by atoms with Gasteiger partial charge in [0.2, 0.25) is 0 Å². The predicted octanol–water partition coefficient (Wildman–Crippen LogP) is 5.56. The molecule has 2 fully saturated rings. The first kappa shape index (κ1) is 15.2. The fourth-order valence-corrected chi connectivity index (χ4v) is 4.92. The molecule has 1 aromatic carbocycles. The number of hydrogen-bond donors (Lipinski definition) is 0. The number of aromatic nitrogens is 1. The number of hydrogen-bond acceptors (Lipinski definition) is 3. The van der Waals surface area contributed by atoms with Crippen molar-refractivity contribution in [1.82, 2.24) is 9.88 Å². The zero-order chi connectivity index (χ0) is 15.5. The third kappa shape index (κ3) is 3.46. The highest BCUT2D eigenvalue weighted by Gasteiger charge is 2.32. The molecule has 0 saturated carbocycles. The summed E-state index contributed by atoms with van der Waals surface area (Å²) < 4.78 is 0. The van der Waals surface area contributed by atoms with Crippen molar-refractivity contribution < 1.29 is 1.43 Å². The fraction of sp³-hybridized carbons (Fsp3) is 0.450. The van der Waals surface area contributed by atoms with Crippen molar-refractivity contribution in [2.45, 2.75) is 60.4 Å². The monoisotopic (exact) mass is 326 g/mol. The van der Waals surface area contributed by atoms with Crippen LogP contribution in [0.15, 0.2) is 58.6 Å². The molecule has 1 aromatic heterocycles. The molecule has 0 spiro atoms. The van der Waals surface area contributed by atoms with Crippen molar-refractivity contribution in [2.24, 2.45) is 0 Å². The Bertz CT molecular complexity index is 632. The van der Waals surface area contributed by atoms with Crippen molar-refractivity contribution >= 4 is 11.8 Å². The Kier molecular flexibility index (Phi) is 4.67. The smallest absolute Gasteiger partial charge is 0.0351 e. The Labute approximate surface area is 144 Å². The van der Waals surface area contributed by atoms with Gasteiger partial charge in [-0.15, -0.1) is 0 Å².